The number of fused-ring (bicyclic) bond motifs is 1. The van der Waals surface area contributed by atoms with Crippen LogP contribution in [0.4, 0.5) is 0 Å². The van der Waals surface area contributed by atoms with Gasteiger partial charge < -0.3 is 9.53 Å². The van der Waals surface area contributed by atoms with Crippen molar-refractivity contribution in [2.24, 2.45) is 0 Å². The standard InChI is InChI=1S/C18H24Cl2N4O2Si/c1-18(2,3)27(4,5)26-9-8-23-11-15(21-22-23)24-7-6-12-14(25)10-13(19)16(20)17(12)24/h6-7,10-11,25H,8-9H2,1-5H3. The molecule has 1 aromatic carbocycles. The van der Waals surface area contributed by atoms with Crippen LogP contribution in [-0.4, -0.2) is 39.6 Å². The Balaban J connectivity index is 1.80. The number of aromatic nitrogens is 4. The van der Waals surface area contributed by atoms with Gasteiger partial charge in [0.05, 0.1) is 34.9 Å². The first-order chi connectivity index (χ1) is 12.5. The van der Waals surface area contributed by atoms with Crippen LogP contribution in [0.25, 0.3) is 16.7 Å². The van der Waals surface area contributed by atoms with E-state index in [2.05, 4.69) is 44.2 Å². The topological polar surface area (TPSA) is 65.1 Å². The van der Waals surface area contributed by atoms with Crippen LogP contribution in [0.2, 0.25) is 28.2 Å². The lowest BCUT2D eigenvalue weighted by Gasteiger charge is -2.36. The maximum absolute atomic E-state index is 10.1. The zero-order chi connectivity index (χ0) is 20.0. The maximum atomic E-state index is 10.1. The first-order valence-corrected chi connectivity index (χ1v) is 12.4. The molecule has 0 radical (unpaired) electrons. The van der Waals surface area contributed by atoms with Crippen LogP contribution >= 0.6 is 23.2 Å². The van der Waals surface area contributed by atoms with Crippen molar-refractivity contribution in [2.45, 2.75) is 45.4 Å². The molecular weight excluding hydrogens is 403 g/mol. The van der Waals surface area contributed by atoms with Gasteiger partial charge in [-0.05, 0) is 24.2 Å². The molecule has 0 saturated carbocycles. The number of aromatic hydroxyl groups is 1. The molecule has 9 heteroatoms. The second-order valence-electron chi connectivity index (χ2n) is 8.09. The van der Waals surface area contributed by atoms with E-state index in [0.717, 1.165) is 0 Å². The summed E-state index contributed by atoms with van der Waals surface area (Å²) in [5.41, 5.74) is 0.603. The first-order valence-electron chi connectivity index (χ1n) is 8.74. The number of rotatable bonds is 5. The molecule has 27 heavy (non-hydrogen) atoms. The summed E-state index contributed by atoms with van der Waals surface area (Å²) in [6, 6.07) is 3.21. The van der Waals surface area contributed by atoms with Gasteiger partial charge in [0.25, 0.3) is 0 Å². The molecule has 3 aromatic rings. The maximum Gasteiger partial charge on any atom is 0.192 e. The van der Waals surface area contributed by atoms with Gasteiger partial charge in [0.1, 0.15) is 5.75 Å². The number of hydrogen-bond acceptors (Lipinski definition) is 4. The summed E-state index contributed by atoms with van der Waals surface area (Å²) in [4.78, 5) is 0. The number of phenols is 1. The van der Waals surface area contributed by atoms with E-state index in [0.29, 0.717) is 34.9 Å². The predicted octanol–water partition coefficient (Wildman–Crippen LogP) is 5.26. The summed E-state index contributed by atoms with van der Waals surface area (Å²) >= 11 is 12.4. The van der Waals surface area contributed by atoms with Crippen molar-refractivity contribution in [1.29, 1.82) is 0 Å². The Bertz CT molecular complexity index is 976. The van der Waals surface area contributed by atoms with Crippen molar-refractivity contribution >= 4 is 42.4 Å². The Hall–Kier alpha value is -1.54. The fourth-order valence-corrected chi connectivity index (χ4v) is 4.02. The normalized spacial score (nSPS) is 12.9. The molecule has 0 unspecified atom stereocenters. The molecule has 0 amide bonds. The van der Waals surface area contributed by atoms with Gasteiger partial charge in [-0.15, -0.1) is 5.10 Å². The molecule has 0 atom stereocenters. The van der Waals surface area contributed by atoms with Gasteiger partial charge in [-0.3, -0.25) is 4.57 Å². The Morgan fingerprint density at radius 1 is 1.26 bits per heavy atom. The van der Waals surface area contributed by atoms with E-state index in [1.54, 1.807) is 21.5 Å². The van der Waals surface area contributed by atoms with Crippen LogP contribution in [0.5, 0.6) is 5.75 Å². The molecule has 0 saturated heterocycles. The van der Waals surface area contributed by atoms with Gasteiger partial charge in [0.2, 0.25) is 0 Å². The second-order valence-corrected chi connectivity index (χ2v) is 13.7. The van der Waals surface area contributed by atoms with Gasteiger partial charge in [0, 0.05) is 17.6 Å². The number of nitrogens with zero attached hydrogens (tertiary/aromatic N) is 4. The van der Waals surface area contributed by atoms with Crippen LogP contribution < -0.4 is 0 Å². The zero-order valence-electron chi connectivity index (χ0n) is 16.1. The van der Waals surface area contributed by atoms with E-state index in [1.165, 1.54) is 6.07 Å². The molecule has 0 fully saturated rings. The molecule has 2 heterocycles. The van der Waals surface area contributed by atoms with Crippen LogP contribution in [0.15, 0.2) is 24.5 Å². The second kappa shape index (κ2) is 7.13. The Morgan fingerprint density at radius 3 is 2.63 bits per heavy atom. The van der Waals surface area contributed by atoms with E-state index >= 15 is 0 Å². The monoisotopic (exact) mass is 426 g/mol. The molecule has 6 nitrogen and oxygen atoms in total. The molecule has 0 bridgehead atoms. The SMILES string of the molecule is CC(C)(C)[Si](C)(C)OCCn1cc(-n2ccc3c(O)cc(Cl)c(Cl)c32)nn1. The third-order valence-electron chi connectivity index (χ3n) is 5.21. The van der Waals surface area contributed by atoms with Gasteiger partial charge in [0.15, 0.2) is 14.1 Å². The minimum Gasteiger partial charge on any atom is -0.507 e. The summed E-state index contributed by atoms with van der Waals surface area (Å²) in [7, 11) is -1.79. The molecule has 0 aliphatic rings. The highest BCUT2D eigenvalue weighted by molar-refractivity contribution is 6.74. The van der Waals surface area contributed by atoms with E-state index in [4.69, 9.17) is 27.6 Å². The van der Waals surface area contributed by atoms with Gasteiger partial charge >= 0.3 is 0 Å². The number of phenolic OH excluding ortho intramolecular Hbond substituents is 1. The van der Waals surface area contributed by atoms with Crippen molar-refractivity contribution in [2.75, 3.05) is 6.61 Å². The quantitative estimate of drug-likeness (QED) is 0.565. The number of hydrogen-bond donors (Lipinski definition) is 1. The molecule has 2 aromatic heterocycles. The van der Waals surface area contributed by atoms with Crippen molar-refractivity contribution < 1.29 is 9.53 Å². The summed E-state index contributed by atoms with van der Waals surface area (Å²) in [5, 5.41) is 19.9. The van der Waals surface area contributed by atoms with Crippen molar-refractivity contribution in [3.05, 3.63) is 34.6 Å². The highest BCUT2D eigenvalue weighted by Crippen LogP contribution is 2.38. The molecule has 0 spiro atoms. The highest BCUT2D eigenvalue weighted by atomic mass is 35.5. The molecule has 1 N–H and O–H groups in total. The smallest absolute Gasteiger partial charge is 0.192 e. The fourth-order valence-electron chi connectivity index (χ4n) is 2.55. The largest absolute Gasteiger partial charge is 0.507 e. The van der Waals surface area contributed by atoms with E-state index < -0.39 is 8.32 Å². The average molecular weight is 427 g/mol. The third kappa shape index (κ3) is 3.87. The molecular formula is C18H24Cl2N4O2Si. The molecule has 0 aliphatic carbocycles. The first kappa shape index (κ1) is 20.2. The number of benzene rings is 1. The minimum absolute atomic E-state index is 0.0771. The van der Waals surface area contributed by atoms with Crippen molar-refractivity contribution in [3.63, 3.8) is 0 Å². The Labute approximate surface area is 169 Å². The Morgan fingerprint density at radius 2 is 1.96 bits per heavy atom. The summed E-state index contributed by atoms with van der Waals surface area (Å²) < 4.78 is 9.70. The van der Waals surface area contributed by atoms with Crippen molar-refractivity contribution in [1.82, 2.24) is 19.6 Å². The molecule has 146 valence electrons. The highest BCUT2D eigenvalue weighted by Gasteiger charge is 2.36. The van der Waals surface area contributed by atoms with Crippen LogP contribution in [0, 0.1) is 0 Å². The molecule has 0 aliphatic heterocycles. The van der Waals surface area contributed by atoms with Crippen molar-refractivity contribution in [3.8, 4) is 11.6 Å². The third-order valence-corrected chi connectivity index (χ3v) is 10.5. The van der Waals surface area contributed by atoms with E-state index in [9.17, 15) is 5.11 Å². The predicted molar refractivity (Wildman–Crippen MR) is 112 cm³/mol. The zero-order valence-corrected chi connectivity index (χ0v) is 18.6. The van der Waals surface area contributed by atoms with Gasteiger partial charge in [-0.1, -0.05) is 49.2 Å². The lowest BCUT2D eigenvalue weighted by molar-refractivity contribution is 0.264. The Kier molecular flexibility index (Phi) is 5.33. The molecule has 3 rings (SSSR count). The summed E-state index contributed by atoms with van der Waals surface area (Å²) in [6.07, 6.45) is 3.61. The van der Waals surface area contributed by atoms with Crippen LogP contribution in [0.1, 0.15) is 20.8 Å². The minimum atomic E-state index is -1.79. The lowest BCUT2D eigenvalue weighted by atomic mass is 10.2. The summed E-state index contributed by atoms with van der Waals surface area (Å²) in [5.74, 6) is 0.675. The van der Waals surface area contributed by atoms with Crippen LogP contribution in [0.3, 0.4) is 0 Å². The number of halogens is 2. The summed E-state index contributed by atoms with van der Waals surface area (Å²) in [6.45, 7) is 12.3. The van der Waals surface area contributed by atoms with Gasteiger partial charge in [-0.25, -0.2) is 4.68 Å². The van der Waals surface area contributed by atoms with E-state index in [1.807, 2.05) is 6.20 Å². The fraction of sp³-hybridized carbons (Fsp3) is 0.444. The van der Waals surface area contributed by atoms with Crippen LogP contribution in [-0.2, 0) is 11.0 Å². The van der Waals surface area contributed by atoms with E-state index in [-0.39, 0.29) is 15.8 Å². The van der Waals surface area contributed by atoms with Gasteiger partial charge in [-0.2, -0.15) is 0 Å². The average Bonchev–Trinajstić information content (AvgIpc) is 3.18. The lowest BCUT2D eigenvalue weighted by Crippen LogP contribution is -2.41.